The molecule has 0 aromatic heterocycles. The Labute approximate surface area is 160 Å². The molecule has 1 saturated heterocycles. The molecule has 0 radical (unpaired) electrons. The fourth-order valence-electron chi connectivity index (χ4n) is 3.48. The predicted octanol–water partition coefficient (Wildman–Crippen LogP) is 2.91. The van der Waals surface area contributed by atoms with Crippen LogP contribution in [0.3, 0.4) is 0 Å². The van der Waals surface area contributed by atoms with Gasteiger partial charge in [-0.1, -0.05) is 25.1 Å². The molecule has 1 aliphatic heterocycles. The molecule has 2 amide bonds. The number of hydrogen-bond acceptors (Lipinski definition) is 4. The zero-order chi connectivity index (χ0) is 20.0. The zero-order valence-electron chi connectivity index (χ0n) is 16.5. The standard InChI is InChI=1S/C20H30N2O5/c1-13(2)27-18(16-7-5-6-8-17(16)26-4)10-21-20(25)22-11-14(3)9-15(12-22)19(23)24/h5-8,13-15,18H,9-12H2,1-4H3,(H,21,25)(H,23,24). The molecule has 3 atom stereocenters. The average molecular weight is 378 g/mol. The zero-order valence-corrected chi connectivity index (χ0v) is 16.5. The molecule has 7 heteroatoms. The summed E-state index contributed by atoms with van der Waals surface area (Å²) in [4.78, 5) is 25.5. The average Bonchev–Trinajstić information content (AvgIpc) is 2.63. The molecular formula is C20H30N2O5. The molecule has 0 aliphatic carbocycles. The van der Waals surface area contributed by atoms with Crippen LogP contribution >= 0.6 is 0 Å². The van der Waals surface area contributed by atoms with Crippen LogP contribution in [0.2, 0.25) is 0 Å². The van der Waals surface area contributed by atoms with Crippen LogP contribution in [0.5, 0.6) is 5.75 Å². The number of aliphatic carboxylic acids is 1. The summed E-state index contributed by atoms with van der Waals surface area (Å²) in [6.07, 6.45) is 0.213. The number of carbonyl (C=O) groups excluding carboxylic acids is 1. The quantitative estimate of drug-likeness (QED) is 0.762. The van der Waals surface area contributed by atoms with Gasteiger partial charge in [-0.15, -0.1) is 0 Å². The van der Waals surface area contributed by atoms with Crippen molar-refractivity contribution in [2.45, 2.75) is 39.4 Å². The molecule has 0 saturated carbocycles. The first-order chi connectivity index (χ1) is 12.8. The summed E-state index contributed by atoms with van der Waals surface area (Å²) in [6.45, 7) is 6.91. The molecule has 0 bridgehead atoms. The van der Waals surface area contributed by atoms with E-state index in [0.717, 1.165) is 5.56 Å². The summed E-state index contributed by atoms with van der Waals surface area (Å²) in [5.41, 5.74) is 0.865. The number of hydrogen-bond donors (Lipinski definition) is 2. The third-order valence-electron chi connectivity index (χ3n) is 4.66. The highest BCUT2D eigenvalue weighted by atomic mass is 16.5. The van der Waals surface area contributed by atoms with E-state index in [2.05, 4.69) is 5.32 Å². The second-order valence-corrected chi connectivity index (χ2v) is 7.38. The molecular weight excluding hydrogens is 348 g/mol. The lowest BCUT2D eigenvalue weighted by Gasteiger charge is -2.35. The molecule has 1 heterocycles. The minimum absolute atomic E-state index is 0.0248. The van der Waals surface area contributed by atoms with Crippen LogP contribution in [-0.4, -0.2) is 54.9 Å². The molecule has 2 N–H and O–H groups in total. The number of carbonyl (C=O) groups is 2. The number of rotatable bonds is 7. The number of piperidine rings is 1. The van der Waals surface area contributed by atoms with Gasteiger partial charge in [0.15, 0.2) is 0 Å². The van der Waals surface area contributed by atoms with Crippen molar-refractivity contribution >= 4 is 12.0 Å². The van der Waals surface area contributed by atoms with Crippen molar-refractivity contribution in [1.29, 1.82) is 0 Å². The van der Waals surface area contributed by atoms with Crippen LogP contribution in [0.15, 0.2) is 24.3 Å². The van der Waals surface area contributed by atoms with E-state index >= 15 is 0 Å². The second-order valence-electron chi connectivity index (χ2n) is 7.38. The third-order valence-corrected chi connectivity index (χ3v) is 4.66. The maximum Gasteiger partial charge on any atom is 0.317 e. The van der Waals surface area contributed by atoms with Gasteiger partial charge >= 0.3 is 12.0 Å². The van der Waals surface area contributed by atoms with E-state index in [9.17, 15) is 14.7 Å². The highest BCUT2D eigenvalue weighted by Crippen LogP contribution is 2.28. The first-order valence-electron chi connectivity index (χ1n) is 9.35. The first-order valence-corrected chi connectivity index (χ1v) is 9.35. The van der Waals surface area contributed by atoms with Gasteiger partial charge in [0.25, 0.3) is 0 Å². The number of carboxylic acids is 1. The number of methoxy groups -OCH3 is 1. The summed E-state index contributed by atoms with van der Waals surface area (Å²) >= 11 is 0. The molecule has 1 aliphatic rings. The molecule has 0 spiro atoms. The van der Waals surface area contributed by atoms with Crippen molar-refractivity contribution in [2.75, 3.05) is 26.7 Å². The number of nitrogens with zero attached hydrogens (tertiary/aromatic N) is 1. The summed E-state index contributed by atoms with van der Waals surface area (Å²) in [6, 6.07) is 7.30. The Kier molecular flexibility index (Phi) is 7.47. The second kappa shape index (κ2) is 9.60. The minimum Gasteiger partial charge on any atom is -0.496 e. The number of urea groups is 1. The number of carboxylic acid groups (broad SMARTS) is 1. The van der Waals surface area contributed by atoms with E-state index in [-0.39, 0.29) is 37.2 Å². The number of ether oxygens (including phenoxy) is 2. The van der Waals surface area contributed by atoms with E-state index in [1.807, 2.05) is 45.0 Å². The summed E-state index contributed by atoms with van der Waals surface area (Å²) < 4.78 is 11.4. The normalized spacial score (nSPS) is 21.0. The predicted molar refractivity (Wildman–Crippen MR) is 102 cm³/mol. The number of nitrogens with one attached hydrogen (secondary N) is 1. The van der Waals surface area contributed by atoms with Crippen molar-refractivity contribution in [3.05, 3.63) is 29.8 Å². The molecule has 3 unspecified atom stereocenters. The van der Waals surface area contributed by atoms with Gasteiger partial charge < -0.3 is 24.8 Å². The minimum atomic E-state index is -0.852. The Morgan fingerprint density at radius 3 is 2.63 bits per heavy atom. The summed E-state index contributed by atoms with van der Waals surface area (Å²) in [7, 11) is 1.60. The lowest BCUT2D eigenvalue weighted by atomic mass is 9.91. The van der Waals surface area contributed by atoms with Crippen molar-refractivity contribution in [1.82, 2.24) is 10.2 Å². The van der Waals surface area contributed by atoms with Gasteiger partial charge in [-0.05, 0) is 32.3 Å². The van der Waals surface area contributed by atoms with Gasteiger partial charge in [0.2, 0.25) is 0 Å². The molecule has 1 aromatic rings. The Morgan fingerprint density at radius 2 is 2.00 bits per heavy atom. The van der Waals surface area contributed by atoms with Gasteiger partial charge in [-0.25, -0.2) is 4.79 Å². The Morgan fingerprint density at radius 1 is 1.30 bits per heavy atom. The largest absolute Gasteiger partial charge is 0.496 e. The monoisotopic (exact) mass is 378 g/mol. The van der Waals surface area contributed by atoms with Crippen LogP contribution in [0, 0.1) is 11.8 Å². The van der Waals surface area contributed by atoms with Crippen molar-refractivity contribution in [2.24, 2.45) is 11.8 Å². The molecule has 1 fully saturated rings. The summed E-state index contributed by atoms with van der Waals surface area (Å²) in [5, 5.41) is 12.2. The first kappa shape index (κ1) is 21.0. The van der Waals surface area contributed by atoms with Crippen molar-refractivity contribution < 1.29 is 24.2 Å². The molecule has 7 nitrogen and oxygen atoms in total. The van der Waals surface area contributed by atoms with E-state index in [1.54, 1.807) is 12.0 Å². The van der Waals surface area contributed by atoms with Gasteiger partial charge in [0.05, 0.1) is 19.1 Å². The number of likely N-dealkylation sites (tertiary alicyclic amines) is 1. The van der Waals surface area contributed by atoms with Crippen LogP contribution in [0.1, 0.15) is 38.9 Å². The fraction of sp³-hybridized carbons (Fsp3) is 0.600. The Bertz CT molecular complexity index is 649. The van der Waals surface area contributed by atoms with Crippen LogP contribution in [0.4, 0.5) is 4.79 Å². The third kappa shape index (κ3) is 5.85. The highest BCUT2D eigenvalue weighted by Gasteiger charge is 2.32. The Balaban J connectivity index is 2.05. The summed E-state index contributed by atoms with van der Waals surface area (Å²) in [5.74, 6) is -0.511. The lowest BCUT2D eigenvalue weighted by Crippen LogP contribution is -2.50. The smallest absolute Gasteiger partial charge is 0.317 e. The molecule has 27 heavy (non-hydrogen) atoms. The topological polar surface area (TPSA) is 88.1 Å². The van der Waals surface area contributed by atoms with E-state index in [0.29, 0.717) is 18.7 Å². The number of benzene rings is 1. The van der Waals surface area contributed by atoms with Gasteiger partial charge in [-0.3, -0.25) is 4.79 Å². The molecule has 150 valence electrons. The fourth-order valence-corrected chi connectivity index (χ4v) is 3.48. The maximum absolute atomic E-state index is 12.6. The maximum atomic E-state index is 12.6. The van der Waals surface area contributed by atoms with Crippen molar-refractivity contribution in [3.63, 3.8) is 0 Å². The number of amides is 2. The van der Waals surface area contributed by atoms with Gasteiger partial charge in [-0.2, -0.15) is 0 Å². The van der Waals surface area contributed by atoms with Crippen LogP contribution in [-0.2, 0) is 9.53 Å². The molecule has 1 aromatic carbocycles. The van der Waals surface area contributed by atoms with E-state index in [1.165, 1.54) is 0 Å². The van der Waals surface area contributed by atoms with Crippen LogP contribution in [0.25, 0.3) is 0 Å². The Hall–Kier alpha value is -2.28. The van der Waals surface area contributed by atoms with Gasteiger partial charge in [0.1, 0.15) is 11.9 Å². The van der Waals surface area contributed by atoms with Gasteiger partial charge in [0, 0.05) is 25.2 Å². The van der Waals surface area contributed by atoms with Crippen LogP contribution < -0.4 is 10.1 Å². The van der Waals surface area contributed by atoms with Crippen molar-refractivity contribution in [3.8, 4) is 5.75 Å². The number of para-hydroxylation sites is 1. The van der Waals surface area contributed by atoms with E-state index < -0.39 is 11.9 Å². The lowest BCUT2D eigenvalue weighted by molar-refractivity contribution is -0.143. The SMILES string of the molecule is COc1ccccc1C(CNC(=O)N1CC(C)CC(C(=O)O)C1)OC(C)C. The molecule has 2 rings (SSSR count). The highest BCUT2D eigenvalue weighted by molar-refractivity contribution is 5.76. The van der Waals surface area contributed by atoms with E-state index in [4.69, 9.17) is 9.47 Å².